The van der Waals surface area contributed by atoms with Crippen LogP contribution in [0.4, 0.5) is 0 Å². The highest BCUT2D eigenvalue weighted by Gasteiger charge is 2.28. The van der Waals surface area contributed by atoms with Gasteiger partial charge in [0, 0.05) is 26.2 Å². The van der Waals surface area contributed by atoms with Gasteiger partial charge in [-0.1, -0.05) is 58.8 Å². The fraction of sp³-hybridized carbons (Fsp3) is 0.714. The van der Waals surface area contributed by atoms with E-state index in [2.05, 4.69) is 35.3 Å². The third-order valence-electron chi connectivity index (χ3n) is 6.63. The largest absolute Gasteiger partial charge is 0.464 e. The molecule has 1 amide bonds. The molecule has 2 aromatic heterocycles. The predicted octanol–water partition coefficient (Wildman–Crippen LogP) is 6.08. The van der Waals surface area contributed by atoms with Crippen LogP contribution in [-0.2, 0) is 20.9 Å². The molecule has 7 nitrogen and oxygen atoms in total. The lowest BCUT2D eigenvalue weighted by molar-refractivity contribution is -0.154. The Morgan fingerprint density at radius 3 is 2.29 bits per heavy atom. The second kappa shape index (κ2) is 15.5. The number of amides is 1. The van der Waals surface area contributed by atoms with Crippen molar-refractivity contribution < 1.29 is 14.3 Å². The average molecular weight is 487 g/mol. The van der Waals surface area contributed by atoms with E-state index in [0.717, 1.165) is 30.7 Å². The predicted molar refractivity (Wildman–Crippen MR) is 141 cm³/mol. The van der Waals surface area contributed by atoms with Gasteiger partial charge in [-0.25, -0.2) is 9.78 Å². The second-order valence-electron chi connectivity index (χ2n) is 10.0. The zero-order chi connectivity index (χ0) is 25.6. The maximum absolute atomic E-state index is 12.6. The minimum absolute atomic E-state index is 0.0425. The zero-order valence-electron chi connectivity index (χ0n) is 22.6. The van der Waals surface area contributed by atoms with E-state index in [9.17, 15) is 9.59 Å². The van der Waals surface area contributed by atoms with Crippen LogP contribution in [0, 0.1) is 12.8 Å². The fourth-order valence-corrected chi connectivity index (χ4v) is 4.62. The number of imidazole rings is 1. The van der Waals surface area contributed by atoms with Crippen molar-refractivity contribution in [2.45, 2.75) is 111 Å². The lowest BCUT2D eigenvalue weighted by Crippen LogP contribution is -2.44. The first-order chi connectivity index (χ1) is 16.8. The number of carbonyl (C=O) groups is 2. The number of esters is 1. The van der Waals surface area contributed by atoms with Crippen LogP contribution in [-0.4, -0.2) is 51.0 Å². The van der Waals surface area contributed by atoms with Gasteiger partial charge in [0.25, 0.3) is 0 Å². The number of aryl methyl sites for hydroxylation is 2. The highest BCUT2D eigenvalue weighted by Crippen LogP contribution is 2.17. The summed E-state index contributed by atoms with van der Waals surface area (Å²) in [6.45, 7) is 9.35. The second-order valence-corrected chi connectivity index (χ2v) is 10.0. The number of rotatable bonds is 17. The highest BCUT2D eigenvalue weighted by atomic mass is 16.5. The molecule has 2 heterocycles. The number of nitrogens with zero attached hydrogens (tertiary/aromatic N) is 4. The summed E-state index contributed by atoms with van der Waals surface area (Å²) in [4.78, 5) is 35.2. The molecule has 2 rings (SSSR count). The number of unbranched alkanes of at least 4 members (excludes halogenated alkanes) is 8. The smallest absolute Gasteiger partial charge is 0.328 e. The number of pyridine rings is 1. The van der Waals surface area contributed by atoms with Crippen LogP contribution in [0.15, 0.2) is 18.5 Å². The third-order valence-corrected chi connectivity index (χ3v) is 6.63. The highest BCUT2D eigenvalue weighted by molar-refractivity contribution is 5.84. The number of hydrogen-bond acceptors (Lipinski definition) is 5. The molecule has 0 saturated carbocycles. The van der Waals surface area contributed by atoms with Crippen molar-refractivity contribution in [3.05, 3.63) is 24.3 Å². The van der Waals surface area contributed by atoms with Gasteiger partial charge in [-0.05, 0) is 45.1 Å². The van der Waals surface area contributed by atoms with Crippen molar-refractivity contribution in [1.82, 2.24) is 19.4 Å². The molecular weight excluding hydrogens is 440 g/mol. The molecule has 0 spiro atoms. The van der Waals surface area contributed by atoms with Gasteiger partial charge in [0.05, 0.1) is 18.3 Å². The lowest BCUT2D eigenvalue weighted by Gasteiger charge is -2.27. The zero-order valence-corrected chi connectivity index (χ0v) is 22.6. The molecule has 35 heavy (non-hydrogen) atoms. The van der Waals surface area contributed by atoms with Crippen LogP contribution in [0.1, 0.15) is 97.2 Å². The van der Waals surface area contributed by atoms with Crippen LogP contribution in [0.5, 0.6) is 0 Å². The molecule has 2 aromatic rings. The Balaban J connectivity index is 1.53. The molecule has 1 atom stereocenters. The van der Waals surface area contributed by atoms with Gasteiger partial charge in [0.2, 0.25) is 5.91 Å². The number of likely N-dealkylation sites (N-methyl/N-ethyl adjacent to an activating group) is 1. The van der Waals surface area contributed by atoms with Crippen molar-refractivity contribution in [1.29, 1.82) is 0 Å². The van der Waals surface area contributed by atoms with Gasteiger partial charge in [0.15, 0.2) is 0 Å². The molecule has 0 fully saturated rings. The number of fused-ring (bicyclic) bond motifs is 1. The molecular formula is C28H46N4O3. The Hall–Kier alpha value is -2.44. The molecule has 0 unspecified atom stereocenters. The Bertz CT molecular complexity index is 909. The molecule has 0 bridgehead atoms. The molecule has 196 valence electrons. The number of carbonyl (C=O) groups excluding carboxylic acids is 2. The van der Waals surface area contributed by atoms with Gasteiger partial charge in [-0.2, -0.15) is 0 Å². The minimum atomic E-state index is -0.476. The Morgan fingerprint density at radius 2 is 1.66 bits per heavy atom. The van der Waals surface area contributed by atoms with Gasteiger partial charge < -0.3 is 14.2 Å². The van der Waals surface area contributed by atoms with Crippen molar-refractivity contribution in [3.8, 4) is 0 Å². The molecule has 0 radical (unpaired) electrons. The molecule has 0 saturated heterocycles. The molecule has 0 aliphatic carbocycles. The van der Waals surface area contributed by atoms with E-state index in [-0.39, 0.29) is 11.9 Å². The fourth-order valence-electron chi connectivity index (χ4n) is 4.62. The molecule has 0 aliphatic rings. The third kappa shape index (κ3) is 9.61. The van der Waals surface area contributed by atoms with Crippen molar-refractivity contribution in [2.24, 2.45) is 5.92 Å². The summed E-state index contributed by atoms with van der Waals surface area (Å²) >= 11 is 0. The summed E-state index contributed by atoms with van der Waals surface area (Å²) in [5.41, 5.74) is 2.16. The summed E-state index contributed by atoms with van der Waals surface area (Å²) in [5, 5.41) is 0. The Labute approximate surface area is 211 Å². The monoisotopic (exact) mass is 486 g/mol. The first kappa shape index (κ1) is 28.8. The van der Waals surface area contributed by atoms with E-state index in [1.807, 2.05) is 18.5 Å². The van der Waals surface area contributed by atoms with Gasteiger partial charge in [0.1, 0.15) is 17.4 Å². The summed E-state index contributed by atoms with van der Waals surface area (Å²) in [6.07, 6.45) is 15.3. The number of ether oxygens (including phenoxy) is 1. The van der Waals surface area contributed by atoms with Crippen LogP contribution in [0.25, 0.3) is 11.0 Å². The van der Waals surface area contributed by atoms with E-state index in [0.29, 0.717) is 25.4 Å². The maximum atomic E-state index is 12.6. The first-order valence-electron chi connectivity index (χ1n) is 13.5. The Kier molecular flexibility index (Phi) is 12.8. The summed E-state index contributed by atoms with van der Waals surface area (Å²) in [7, 11) is 1.74. The van der Waals surface area contributed by atoms with E-state index < -0.39 is 6.04 Å². The van der Waals surface area contributed by atoms with E-state index >= 15 is 0 Å². The first-order valence-corrected chi connectivity index (χ1v) is 13.5. The van der Waals surface area contributed by atoms with Crippen LogP contribution in [0.2, 0.25) is 0 Å². The van der Waals surface area contributed by atoms with Crippen molar-refractivity contribution >= 4 is 22.9 Å². The topological polar surface area (TPSA) is 77.3 Å². The SMILES string of the molecule is CCOC(=O)[C@H](CC(C)C)N(C)C(=O)CCCCCCCCCCCn1c(C)nc2cnccc21. The number of aromatic nitrogens is 3. The van der Waals surface area contributed by atoms with Crippen molar-refractivity contribution in [3.63, 3.8) is 0 Å². The number of hydrogen-bond donors (Lipinski definition) is 0. The molecule has 0 aromatic carbocycles. The average Bonchev–Trinajstić information content (AvgIpc) is 3.15. The lowest BCUT2D eigenvalue weighted by atomic mass is 10.0. The van der Waals surface area contributed by atoms with Gasteiger partial charge in [-0.3, -0.25) is 9.78 Å². The standard InChI is InChI=1S/C28H46N4O3/c1-6-35-28(34)26(20-22(2)3)31(5)27(33)16-14-12-10-8-7-9-11-13-15-19-32-23(4)30-24-21-29-18-17-25(24)32/h17-18,21-22,26H,6-16,19-20H2,1-5H3/t26-/m0/s1. The van der Waals surface area contributed by atoms with E-state index in [1.165, 1.54) is 50.5 Å². The maximum Gasteiger partial charge on any atom is 0.328 e. The molecule has 7 heteroatoms. The van der Waals surface area contributed by atoms with Crippen LogP contribution in [0.3, 0.4) is 0 Å². The van der Waals surface area contributed by atoms with Crippen molar-refractivity contribution in [2.75, 3.05) is 13.7 Å². The minimum Gasteiger partial charge on any atom is -0.464 e. The summed E-state index contributed by atoms with van der Waals surface area (Å²) in [5.74, 6) is 1.14. The van der Waals surface area contributed by atoms with E-state index in [4.69, 9.17) is 4.74 Å². The van der Waals surface area contributed by atoms with Gasteiger partial charge >= 0.3 is 5.97 Å². The summed E-state index contributed by atoms with van der Waals surface area (Å²) < 4.78 is 7.48. The van der Waals surface area contributed by atoms with Gasteiger partial charge in [-0.15, -0.1) is 0 Å². The van der Waals surface area contributed by atoms with E-state index in [1.54, 1.807) is 18.9 Å². The van der Waals surface area contributed by atoms with Crippen LogP contribution >= 0.6 is 0 Å². The normalized spacial score (nSPS) is 12.3. The molecule has 0 N–H and O–H groups in total. The quantitative estimate of drug-likeness (QED) is 0.200. The summed E-state index contributed by atoms with van der Waals surface area (Å²) in [6, 6.07) is 1.57. The Morgan fingerprint density at radius 1 is 1.03 bits per heavy atom. The van der Waals surface area contributed by atoms with Crippen LogP contribution < -0.4 is 0 Å². The molecule has 0 aliphatic heterocycles.